The normalized spacial score (nSPS) is 12.8. The van der Waals surface area contributed by atoms with Crippen molar-refractivity contribution < 1.29 is 24.2 Å². The maximum Gasteiger partial charge on any atom is 0.322 e. The molecule has 6 heteroatoms. The highest BCUT2D eigenvalue weighted by atomic mass is 16.5. The van der Waals surface area contributed by atoms with Crippen LogP contribution in [0.15, 0.2) is 85.1 Å². The molecule has 0 aliphatic carbocycles. The number of unbranched alkanes of at least 4 members (excludes halogenated alkanes) is 19. The molecule has 1 unspecified atom stereocenters. The molecule has 0 aromatic heterocycles. The summed E-state index contributed by atoms with van der Waals surface area (Å²) in [6.07, 6.45) is 67.2. The third kappa shape index (κ3) is 47.3. The minimum atomic E-state index is -1.02. The molecule has 2 N–H and O–H groups in total. The number of carboxylic acids is 1. The van der Waals surface area contributed by atoms with Gasteiger partial charge >= 0.3 is 11.9 Å². The quantitative estimate of drug-likeness (QED) is 0.0362. The molecule has 0 aliphatic rings. The number of amides is 1. The number of nitrogens with one attached hydrogen (secondary N) is 1. The second-order valence-electron chi connectivity index (χ2n) is 16.3. The molecular formula is C54H91NO5. The highest BCUT2D eigenvalue weighted by Crippen LogP contribution is 2.19. The second kappa shape index (κ2) is 48.3. The Kier molecular flexibility index (Phi) is 45.5. The van der Waals surface area contributed by atoms with Crippen LogP contribution in [0.1, 0.15) is 226 Å². The van der Waals surface area contributed by atoms with Crippen LogP contribution in [0.4, 0.5) is 0 Å². The van der Waals surface area contributed by atoms with Crippen molar-refractivity contribution in [3.63, 3.8) is 0 Å². The lowest BCUT2D eigenvalue weighted by Crippen LogP contribution is -2.28. The fraction of sp³-hybridized carbons (Fsp3) is 0.685. The molecular weight excluding hydrogens is 743 g/mol. The van der Waals surface area contributed by atoms with E-state index in [2.05, 4.69) is 104 Å². The molecule has 0 aliphatic heterocycles. The molecule has 0 rings (SSSR count). The van der Waals surface area contributed by atoms with E-state index in [1.807, 2.05) is 0 Å². The van der Waals surface area contributed by atoms with Gasteiger partial charge in [0, 0.05) is 12.8 Å². The van der Waals surface area contributed by atoms with Gasteiger partial charge in [-0.25, -0.2) is 0 Å². The van der Waals surface area contributed by atoms with E-state index in [1.54, 1.807) is 0 Å². The standard InChI is InChI=1S/C54H91NO5/c1-3-5-7-9-11-13-15-17-19-20-21-22-23-24-25-26-28-30-32-34-36-41-45-49-54(59)60-51(47-43-39-37-40-44-48-52(56)55-50-53(57)58)46-42-38-35-33-31-29-27-18-16-14-12-10-8-6-4-2/h5,7,11,13,17,19,21-22,24-25,28,30,34,36,51H,3-4,6,8-10,12,14-16,18,20,23,26-27,29,31-33,35,37-50H2,1-2H3,(H,55,56)(H,57,58)/b7-5-,13-11-,19-17-,22-21-,25-24-,30-28-,36-34-. The molecule has 0 radical (unpaired) electrons. The van der Waals surface area contributed by atoms with E-state index in [9.17, 15) is 14.4 Å². The highest BCUT2D eigenvalue weighted by Gasteiger charge is 2.14. The minimum absolute atomic E-state index is 0.00934. The lowest BCUT2D eigenvalue weighted by molar-refractivity contribution is -0.150. The number of carbonyl (C=O) groups excluding carboxylic acids is 2. The fourth-order valence-corrected chi connectivity index (χ4v) is 6.98. The van der Waals surface area contributed by atoms with Gasteiger partial charge in [0.05, 0.1) is 0 Å². The van der Waals surface area contributed by atoms with Crippen molar-refractivity contribution >= 4 is 17.8 Å². The number of ether oxygens (including phenoxy) is 1. The lowest BCUT2D eigenvalue weighted by Gasteiger charge is -2.18. The second-order valence-corrected chi connectivity index (χ2v) is 16.3. The molecule has 0 spiro atoms. The van der Waals surface area contributed by atoms with Crippen molar-refractivity contribution in [2.45, 2.75) is 232 Å². The number of aliphatic carboxylic acids is 1. The Bertz CT molecular complexity index is 1190. The Morgan fingerprint density at radius 2 is 0.817 bits per heavy atom. The van der Waals surface area contributed by atoms with Gasteiger partial charge in [-0.1, -0.05) is 208 Å². The summed E-state index contributed by atoms with van der Waals surface area (Å²) in [6, 6.07) is 0. The molecule has 0 fully saturated rings. The van der Waals surface area contributed by atoms with Crippen LogP contribution in [-0.4, -0.2) is 35.6 Å². The largest absolute Gasteiger partial charge is 0.480 e. The van der Waals surface area contributed by atoms with Crippen molar-refractivity contribution in [2.24, 2.45) is 0 Å². The molecule has 0 aromatic carbocycles. The van der Waals surface area contributed by atoms with Gasteiger partial charge in [-0.05, 0) is 89.9 Å². The number of esters is 1. The van der Waals surface area contributed by atoms with E-state index in [-0.39, 0.29) is 24.5 Å². The molecule has 6 nitrogen and oxygen atoms in total. The first-order chi connectivity index (χ1) is 29.5. The van der Waals surface area contributed by atoms with Crippen molar-refractivity contribution in [3.05, 3.63) is 85.1 Å². The van der Waals surface area contributed by atoms with Gasteiger partial charge in [0.1, 0.15) is 12.6 Å². The molecule has 0 aromatic rings. The fourth-order valence-electron chi connectivity index (χ4n) is 6.98. The van der Waals surface area contributed by atoms with Crippen molar-refractivity contribution in [1.29, 1.82) is 0 Å². The van der Waals surface area contributed by atoms with Crippen LogP contribution >= 0.6 is 0 Å². The van der Waals surface area contributed by atoms with Crippen LogP contribution < -0.4 is 5.32 Å². The Labute approximate surface area is 369 Å². The van der Waals surface area contributed by atoms with Gasteiger partial charge in [-0.15, -0.1) is 0 Å². The van der Waals surface area contributed by atoms with Crippen molar-refractivity contribution in [2.75, 3.05) is 6.54 Å². The van der Waals surface area contributed by atoms with Gasteiger partial charge < -0.3 is 15.2 Å². The van der Waals surface area contributed by atoms with E-state index < -0.39 is 5.97 Å². The number of rotatable bonds is 44. The van der Waals surface area contributed by atoms with Crippen LogP contribution in [0.2, 0.25) is 0 Å². The highest BCUT2D eigenvalue weighted by molar-refractivity contribution is 5.80. The van der Waals surface area contributed by atoms with Gasteiger partial charge in [-0.3, -0.25) is 14.4 Å². The smallest absolute Gasteiger partial charge is 0.322 e. The van der Waals surface area contributed by atoms with Crippen molar-refractivity contribution in [3.8, 4) is 0 Å². The van der Waals surface area contributed by atoms with Crippen molar-refractivity contribution in [1.82, 2.24) is 5.32 Å². The molecule has 0 bridgehead atoms. The summed E-state index contributed by atoms with van der Waals surface area (Å²) in [5.74, 6) is -1.29. The summed E-state index contributed by atoms with van der Waals surface area (Å²) in [5, 5.41) is 11.1. The van der Waals surface area contributed by atoms with Crippen LogP contribution in [0.5, 0.6) is 0 Å². The van der Waals surface area contributed by atoms with Gasteiger partial charge in [0.25, 0.3) is 0 Å². The predicted octanol–water partition coefficient (Wildman–Crippen LogP) is 15.9. The third-order valence-corrected chi connectivity index (χ3v) is 10.6. The maximum atomic E-state index is 12.8. The van der Waals surface area contributed by atoms with Crippen LogP contribution in [0.25, 0.3) is 0 Å². The Morgan fingerprint density at radius 3 is 1.22 bits per heavy atom. The van der Waals surface area contributed by atoms with Gasteiger partial charge in [-0.2, -0.15) is 0 Å². The summed E-state index contributed by atoms with van der Waals surface area (Å²) in [4.78, 5) is 35.2. The summed E-state index contributed by atoms with van der Waals surface area (Å²) < 4.78 is 6.03. The summed E-state index contributed by atoms with van der Waals surface area (Å²) in [7, 11) is 0. The molecule has 342 valence electrons. The number of allylic oxidation sites excluding steroid dienone is 14. The summed E-state index contributed by atoms with van der Waals surface area (Å²) in [6.45, 7) is 4.12. The molecule has 0 saturated heterocycles. The molecule has 0 heterocycles. The SMILES string of the molecule is CC/C=C\C/C=C\C/C=C\C/C=C\C/C=C\C/C=C\C/C=C\CCCC(=O)OC(CCCCCCCCCCCCCCCCC)CCCCCCCC(=O)NCC(=O)O. The first-order valence-corrected chi connectivity index (χ1v) is 24.7. The van der Waals surface area contributed by atoms with Crippen LogP contribution in [-0.2, 0) is 19.1 Å². The molecule has 0 saturated carbocycles. The van der Waals surface area contributed by atoms with Gasteiger partial charge in [0.2, 0.25) is 5.91 Å². The maximum absolute atomic E-state index is 12.8. The Morgan fingerprint density at radius 1 is 0.450 bits per heavy atom. The Balaban J connectivity index is 4.27. The first-order valence-electron chi connectivity index (χ1n) is 24.7. The van der Waals surface area contributed by atoms with E-state index >= 15 is 0 Å². The lowest BCUT2D eigenvalue weighted by atomic mass is 10.0. The van der Waals surface area contributed by atoms with E-state index in [0.29, 0.717) is 12.8 Å². The first kappa shape index (κ1) is 56.6. The van der Waals surface area contributed by atoms with E-state index in [4.69, 9.17) is 9.84 Å². The molecule has 1 amide bonds. The van der Waals surface area contributed by atoms with Crippen LogP contribution in [0, 0.1) is 0 Å². The molecule has 60 heavy (non-hydrogen) atoms. The van der Waals surface area contributed by atoms with Gasteiger partial charge in [0.15, 0.2) is 0 Å². The average Bonchev–Trinajstić information content (AvgIpc) is 3.24. The van der Waals surface area contributed by atoms with Crippen LogP contribution in [0.3, 0.4) is 0 Å². The van der Waals surface area contributed by atoms with E-state index in [0.717, 1.165) is 109 Å². The minimum Gasteiger partial charge on any atom is -0.480 e. The van der Waals surface area contributed by atoms with E-state index in [1.165, 1.54) is 89.9 Å². The average molecular weight is 834 g/mol. The molecule has 1 atom stereocenters. The predicted molar refractivity (Wildman–Crippen MR) is 258 cm³/mol. The monoisotopic (exact) mass is 834 g/mol. The third-order valence-electron chi connectivity index (χ3n) is 10.6. The summed E-state index contributed by atoms with van der Waals surface area (Å²) in [5.41, 5.74) is 0. The zero-order valence-electron chi connectivity index (χ0n) is 38.8. The Hall–Kier alpha value is -3.41. The number of carboxylic acid groups (broad SMARTS) is 1. The number of hydrogen-bond donors (Lipinski definition) is 2. The zero-order chi connectivity index (χ0) is 43.7. The number of carbonyl (C=O) groups is 3. The summed E-state index contributed by atoms with van der Waals surface area (Å²) >= 11 is 0. The zero-order valence-corrected chi connectivity index (χ0v) is 38.8. The number of hydrogen-bond acceptors (Lipinski definition) is 4. The topological polar surface area (TPSA) is 92.7 Å².